The number of ether oxygens (including phenoxy) is 1. The summed E-state index contributed by atoms with van der Waals surface area (Å²) in [5.74, 6) is 0.796. The summed E-state index contributed by atoms with van der Waals surface area (Å²) in [6.07, 6.45) is 2.14. The van der Waals surface area contributed by atoms with Gasteiger partial charge < -0.3 is 9.84 Å². The van der Waals surface area contributed by atoms with Crippen LogP contribution in [0, 0.1) is 0 Å². The Morgan fingerprint density at radius 1 is 1.05 bits per heavy atom. The van der Waals surface area contributed by atoms with Crippen molar-refractivity contribution < 1.29 is 9.84 Å². The van der Waals surface area contributed by atoms with Crippen LogP contribution in [0.25, 0.3) is 0 Å². The third kappa shape index (κ3) is 3.02. The molecule has 0 radical (unpaired) electrons. The zero-order valence-electron chi connectivity index (χ0n) is 12.4. The molecule has 2 nitrogen and oxygen atoms in total. The van der Waals surface area contributed by atoms with E-state index in [0.717, 1.165) is 29.7 Å². The van der Waals surface area contributed by atoms with Gasteiger partial charge in [-0.25, -0.2) is 0 Å². The van der Waals surface area contributed by atoms with Crippen LogP contribution in [0.4, 0.5) is 0 Å². The lowest BCUT2D eigenvalue weighted by molar-refractivity contribution is 0.102. The normalized spacial score (nSPS) is 13.8. The highest BCUT2D eigenvalue weighted by Crippen LogP contribution is 2.30. The van der Waals surface area contributed by atoms with Crippen LogP contribution in [-0.4, -0.2) is 12.2 Å². The average molecular weight is 270 g/mol. The van der Waals surface area contributed by atoms with E-state index in [-0.39, 0.29) is 0 Å². The quantitative estimate of drug-likeness (QED) is 0.892. The van der Waals surface area contributed by atoms with Crippen LogP contribution in [0.15, 0.2) is 48.5 Å². The third-order valence-corrected chi connectivity index (χ3v) is 3.68. The molecule has 2 heteroatoms. The Morgan fingerprint density at radius 2 is 1.75 bits per heavy atom. The maximum atomic E-state index is 10.9. The van der Waals surface area contributed by atoms with Crippen LogP contribution >= 0.6 is 0 Å². The van der Waals surface area contributed by atoms with E-state index in [1.165, 1.54) is 5.56 Å². The first-order valence-corrected chi connectivity index (χ1v) is 7.04. The van der Waals surface area contributed by atoms with E-state index < -0.39 is 5.60 Å². The summed E-state index contributed by atoms with van der Waals surface area (Å²) in [7, 11) is 1.64. The van der Waals surface area contributed by atoms with Crippen molar-refractivity contribution in [1.29, 1.82) is 0 Å². The lowest BCUT2D eigenvalue weighted by Gasteiger charge is -2.25. The molecule has 2 aromatic rings. The summed E-state index contributed by atoms with van der Waals surface area (Å²) in [6, 6.07) is 15.8. The molecule has 0 aromatic heterocycles. The first kappa shape index (κ1) is 14.6. The van der Waals surface area contributed by atoms with E-state index in [1.54, 1.807) is 7.11 Å². The predicted octanol–water partition coefficient (Wildman–Crippen LogP) is 3.90. The second-order valence-corrected chi connectivity index (χ2v) is 5.25. The van der Waals surface area contributed by atoms with Crippen LogP contribution in [0.5, 0.6) is 5.75 Å². The van der Waals surface area contributed by atoms with Crippen LogP contribution in [0.1, 0.15) is 37.0 Å². The molecule has 0 amide bonds. The zero-order chi connectivity index (χ0) is 14.6. The zero-order valence-corrected chi connectivity index (χ0v) is 12.4. The standard InChI is InChI=1S/C18H22O2/c1-4-6-14-7-5-8-16(13-14)18(2,19)15-9-11-17(20-3)12-10-15/h5,7-13,19H,4,6H2,1-3H3. The van der Waals surface area contributed by atoms with Crippen molar-refractivity contribution in [3.8, 4) is 5.75 Å². The number of rotatable bonds is 5. The molecule has 0 saturated carbocycles. The van der Waals surface area contributed by atoms with Crippen molar-refractivity contribution in [2.24, 2.45) is 0 Å². The van der Waals surface area contributed by atoms with Crippen molar-refractivity contribution in [2.75, 3.05) is 7.11 Å². The topological polar surface area (TPSA) is 29.5 Å². The summed E-state index contributed by atoms with van der Waals surface area (Å²) < 4.78 is 5.16. The Morgan fingerprint density at radius 3 is 2.35 bits per heavy atom. The third-order valence-electron chi connectivity index (χ3n) is 3.68. The number of benzene rings is 2. The SMILES string of the molecule is CCCc1cccc(C(C)(O)c2ccc(OC)cc2)c1. The van der Waals surface area contributed by atoms with Gasteiger partial charge in [-0.15, -0.1) is 0 Å². The average Bonchev–Trinajstić information content (AvgIpc) is 2.48. The maximum absolute atomic E-state index is 10.9. The highest BCUT2D eigenvalue weighted by atomic mass is 16.5. The molecule has 1 N–H and O–H groups in total. The van der Waals surface area contributed by atoms with E-state index in [0.29, 0.717) is 0 Å². The Kier molecular flexibility index (Phi) is 4.46. The van der Waals surface area contributed by atoms with Gasteiger partial charge in [0, 0.05) is 0 Å². The second kappa shape index (κ2) is 6.10. The molecule has 0 aliphatic heterocycles. The minimum atomic E-state index is -0.990. The molecule has 0 heterocycles. The fourth-order valence-corrected chi connectivity index (χ4v) is 2.40. The molecular weight excluding hydrogens is 248 g/mol. The van der Waals surface area contributed by atoms with Crippen LogP contribution in [0.2, 0.25) is 0 Å². The highest BCUT2D eigenvalue weighted by molar-refractivity contribution is 5.39. The molecular formula is C18H22O2. The molecule has 0 aliphatic carbocycles. The Bertz CT molecular complexity index is 556. The molecule has 0 saturated heterocycles. The van der Waals surface area contributed by atoms with E-state index in [9.17, 15) is 5.11 Å². The molecule has 0 fully saturated rings. The van der Waals surface area contributed by atoms with Crippen molar-refractivity contribution in [2.45, 2.75) is 32.3 Å². The van der Waals surface area contributed by atoms with Gasteiger partial charge in [-0.3, -0.25) is 0 Å². The molecule has 1 unspecified atom stereocenters. The first-order chi connectivity index (χ1) is 9.57. The fraction of sp³-hybridized carbons (Fsp3) is 0.333. The van der Waals surface area contributed by atoms with Crippen LogP contribution in [-0.2, 0) is 12.0 Å². The van der Waals surface area contributed by atoms with Gasteiger partial charge in [0.25, 0.3) is 0 Å². The highest BCUT2D eigenvalue weighted by Gasteiger charge is 2.25. The molecule has 106 valence electrons. The number of hydrogen-bond donors (Lipinski definition) is 1. The first-order valence-electron chi connectivity index (χ1n) is 7.04. The number of aliphatic hydroxyl groups is 1. The minimum absolute atomic E-state index is 0.796. The van der Waals surface area contributed by atoms with Gasteiger partial charge in [0.2, 0.25) is 0 Å². The van der Waals surface area contributed by atoms with Gasteiger partial charge in [0.15, 0.2) is 0 Å². The van der Waals surface area contributed by atoms with Gasteiger partial charge in [-0.1, -0.05) is 49.7 Å². The van der Waals surface area contributed by atoms with Gasteiger partial charge in [0.05, 0.1) is 7.11 Å². The molecule has 0 spiro atoms. The van der Waals surface area contributed by atoms with Crippen molar-refractivity contribution in [1.82, 2.24) is 0 Å². The van der Waals surface area contributed by atoms with E-state index in [4.69, 9.17) is 4.74 Å². The number of aryl methyl sites for hydroxylation is 1. The van der Waals surface area contributed by atoms with Crippen LogP contribution < -0.4 is 4.74 Å². The summed E-state index contributed by atoms with van der Waals surface area (Å²) >= 11 is 0. The van der Waals surface area contributed by atoms with Gasteiger partial charge >= 0.3 is 0 Å². The predicted molar refractivity (Wildman–Crippen MR) is 82.1 cm³/mol. The van der Waals surface area contributed by atoms with Crippen molar-refractivity contribution in [3.63, 3.8) is 0 Å². The Balaban J connectivity index is 2.34. The molecule has 1 atom stereocenters. The number of methoxy groups -OCH3 is 1. The summed E-state index contributed by atoms with van der Waals surface area (Å²) in [5.41, 5.74) is 2.06. The second-order valence-electron chi connectivity index (χ2n) is 5.25. The smallest absolute Gasteiger partial charge is 0.118 e. The lowest BCUT2D eigenvalue weighted by Crippen LogP contribution is -2.22. The van der Waals surface area contributed by atoms with Gasteiger partial charge in [0.1, 0.15) is 11.4 Å². The van der Waals surface area contributed by atoms with E-state index in [1.807, 2.05) is 43.3 Å². The molecule has 2 aromatic carbocycles. The molecule has 0 aliphatic rings. The van der Waals surface area contributed by atoms with Gasteiger partial charge in [-0.05, 0) is 42.2 Å². The number of hydrogen-bond acceptors (Lipinski definition) is 2. The maximum Gasteiger partial charge on any atom is 0.118 e. The van der Waals surface area contributed by atoms with Crippen LogP contribution in [0.3, 0.4) is 0 Å². The van der Waals surface area contributed by atoms with E-state index >= 15 is 0 Å². The van der Waals surface area contributed by atoms with Crippen molar-refractivity contribution in [3.05, 3.63) is 65.2 Å². The van der Waals surface area contributed by atoms with E-state index in [2.05, 4.69) is 19.1 Å². The Hall–Kier alpha value is -1.80. The lowest BCUT2D eigenvalue weighted by atomic mass is 9.87. The van der Waals surface area contributed by atoms with Gasteiger partial charge in [-0.2, -0.15) is 0 Å². The molecule has 2 rings (SSSR count). The van der Waals surface area contributed by atoms with Crippen molar-refractivity contribution >= 4 is 0 Å². The minimum Gasteiger partial charge on any atom is -0.497 e. The fourth-order valence-electron chi connectivity index (χ4n) is 2.40. The largest absolute Gasteiger partial charge is 0.497 e. The molecule has 0 bridgehead atoms. The summed E-state index contributed by atoms with van der Waals surface area (Å²) in [4.78, 5) is 0. The monoisotopic (exact) mass is 270 g/mol. The molecule has 20 heavy (non-hydrogen) atoms. The summed E-state index contributed by atoms with van der Waals surface area (Å²) in [5, 5.41) is 10.9. The summed E-state index contributed by atoms with van der Waals surface area (Å²) in [6.45, 7) is 3.99. The Labute approximate surface area is 121 Å².